The highest BCUT2D eigenvalue weighted by atomic mass is 19.1. The molecule has 1 aliphatic heterocycles. The summed E-state index contributed by atoms with van der Waals surface area (Å²) in [6.45, 7) is 3.39. The van der Waals surface area contributed by atoms with Crippen LogP contribution in [0.3, 0.4) is 0 Å². The number of hydrogen-bond donors (Lipinski definition) is 1. The van der Waals surface area contributed by atoms with Crippen molar-refractivity contribution in [3.05, 3.63) is 76.7 Å². The van der Waals surface area contributed by atoms with Crippen LogP contribution < -0.4 is 0 Å². The van der Waals surface area contributed by atoms with Crippen molar-refractivity contribution in [3.8, 4) is 0 Å². The molecule has 3 rings (SSSR count). The molecule has 0 spiro atoms. The standard InChI is InChI=1S/C17H17FN2O2/c1-12-16(13-6-4-3-5-7-13)20(22)17(2,19(12)21)14-8-10-15(18)11-9-14/h3-12,21H,1-2H3/t12-,17+/m1/s1. The molecular formula is C17H17FN2O2. The lowest BCUT2D eigenvalue weighted by molar-refractivity contribution is -0.595. The molecule has 2 atom stereocenters. The fraction of sp³-hybridized carbons (Fsp3) is 0.235. The molecule has 0 fully saturated rings. The topological polar surface area (TPSA) is 49.5 Å². The summed E-state index contributed by atoms with van der Waals surface area (Å²) in [4.78, 5) is 0. The van der Waals surface area contributed by atoms with Crippen molar-refractivity contribution in [2.75, 3.05) is 0 Å². The van der Waals surface area contributed by atoms with Gasteiger partial charge in [-0.05, 0) is 43.3 Å². The number of halogens is 1. The van der Waals surface area contributed by atoms with Gasteiger partial charge in [-0.25, -0.2) is 4.39 Å². The van der Waals surface area contributed by atoms with Crippen molar-refractivity contribution < 1.29 is 14.3 Å². The SMILES string of the molecule is C[C@@H]1C(c2ccccc2)=[N+]([O-])[C@@](C)(c2ccc(F)cc2)N1O. The van der Waals surface area contributed by atoms with E-state index in [2.05, 4.69) is 0 Å². The van der Waals surface area contributed by atoms with Gasteiger partial charge < -0.3 is 10.4 Å². The maximum atomic E-state index is 13.1. The van der Waals surface area contributed by atoms with E-state index in [0.717, 1.165) is 15.4 Å². The van der Waals surface area contributed by atoms with E-state index in [1.807, 2.05) is 30.3 Å². The molecule has 0 saturated heterocycles. The molecule has 4 nitrogen and oxygen atoms in total. The smallest absolute Gasteiger partial charge is 0.274 e. The maximum Gasteiger partial charge on any atom is 0.274 e. The van der Waals surface area contributed by atoms with Gasteiger partial charge in [-0.1, -0.05) is 18.2 Å². The van der Waals surface area contributed by atoms with E-state index in [0.29, 0.717) is 11.3 Å². The molecular weight excluding hydrogens is 283 g/mol. The van der Waals surface area contributed by atoms with Crippen LogP contribution in [0.25, 0.3) is 0 Å². The van der Waals surface area contributed by atoms with Crippen molar-refractivity contribution in [3.63, 3.8) is 0 Å². The molecule has 22 heavy (non-hydrogen) atoms. The second-order valence-corrected chi connectivity index (χ2v) is 5.59. The molecule has 0 saturated carbocycles. The van der Waals surface area contributed by atoms with Crippen molar-refractivity contribution in [1.29, 1.82) is 0 Å². The second-order valence-electron chi connectivity index (χ2n) is 5.59. The van der Waals surface area contributed by atoms with Gasteiger partial charge in [-0.3, -0.25) is 0 Å². The first-order valence-corrected chi connectivity index (χ1v) is 7.10. The molecule has 0 aliphatic carbocycles. The van der Waals surface area contributed by atoms with E-state index in [-0.39, 0.29) is 5.82 Å². The summed E-state index contributed by atoms with van der Waals surface area (Å²) >= 11 is 0. The maximum absolute atomic E-state index is 13.1. The summed E-state index contributed by atoms with van der Waals surface area (Å²) in [6, 6.07) is 14.4. The monoisotopic (exact) mass is 300 g/mol. The van der Waals surface area contributed by atoms with E-state index in [9.17, 15) is 14.8 Å². The zero-order valence-electron chi connectivity index (χ0n) is 12.4. The van der Waals surface area contributed by atoms with Crippen molar-refractivity contribution >= 4 is 5.71 Å². The fourth-order valence-electron chi connectivity index (χ4n) is 2.97. The van der Waals surface area contributed by atoms with Crippen LogP contribution in [0.1, 0.15) is 25.0 Å². The van der Waals surface area contributed by atoms with Crippen LogP contribution in [-0.4, -0.2) is 26.8 Å². The number of rotatable bonds is 2. The van der Waals surface area contributed by atoms with Crippen LogP contribution in [-0.2, 0) is 5.66 Å². The highest BCUT2D eigenvalue weighted by molar-refractivity contribution is 6.01. The molecule has 1 aliphatic rings. The van der Waals surface area contributed by atoms with E-state index < -0.39 is 11.7 Å². The molecule has 0 unspecified atom stereocenters. The lowest BCUT2D eigenvalue weighted by Crippen LogP contribution is -2.45. The Morgan fingerprint density at radius 3 is 2.32 bits per heavy atom. The van der Waals surface area contributed by atoms with E-state index >= 15 is 0 Å². The van der Waals surface area contributed by atoms with Gasteiger partial charge in [0.15, 0.2) is 0 Å². The third-order valence-corrected chi connectivity index (χ3v) is 4.28. The predicted octanol–water partition coefficient (Wildman–Crippen LogP) is 3.09. The highest BCUT2D eigenvalue weighted by Crippen LogP contribution is 2.36. The highest BCUT2D eigenvalue weighted by Gasteiger charge is 2.54. The number of hydrogen-bond acceptors (Lipinski definition) is 3. The first-order chi connectivity index (χ1) is 10.5. The zero-order chi connectivity index (χ0) is 15.9. The summed E-state index contributed by atoms with van der Waals surface area (Å²) in [7, 11) is 0. The van der Waals surface area contributed by atoms with E-state index in [1.165, 1.54) is 24.3 Å². The lowest BCUT2D eigenvalue weighted by Gasteiger charge is -2.29. The molecule has 0 aromatic heterocycles. The Labute approximate surface area is 128 Å². The average Bonchev–Trinajstić information content (AvgIpc) is 2.71. The molecule has 114 valence electrons. The van der Waals surface area contributed by atoms with Crippen LogP contribution in [0.2, 0.25) is 0 Å². The third-order valence-electron chi connectivity index (χ3n) is 4.28. The summed E-state index contributed by atoms with van der Waals surface area (Å²) in [5, 5.41) is 24.5. The Morgan fingerprint density at radius 2 is 1.73 bits per heavy atom. The summed E-state index contributed by atoms with van der Waals surface area (Å²) < 4.78 is 13.9. The van der Waals surface area contributed by atoms with Crippen molar-refractivity contribution in [1.82, 2.24) is 5.06 Å². The Kier molecular flexibility index (Phi) is 3.47. The average molecular weight is 300 g/mol. The van der Waals surface area contributed by atoms with Gasteiger partial charge in [-0.2, -0.15) is 4.74 Å². The van der Waals surface area contributed by atoms with Gasteiger partial charge >= 0.3 is 0 Å². The Morgan fingerprint density at radius 1 is 1.14 bits per heavy atom. The minimum absolute atomic E-state index is 0.382. The van der Waals surface area contributed by atoms with Gasteiger partial charge in [0.1, 0.15) is 11.9 Å². The molecule has 2 aromatic rings. The Balaban J connectivity index is 2.16. The largest absolute Gasteiger partial charge is 0.622 e. The molecule has 0 amide bonds. The lowest BCUT2D eigenvalue weighted by atomic mass is 10.0. The zero-order valence-corrected chi connectivity index (χ0v) is 12.4. The summed E-state index contributed by atoms with van der Waals surface area (Å²) in [5.41, 5.74) is 0.479. The summed E-state index contributed by atoms with van der Waals surface area (Å²) in [5.74, 6) is -0.382. The minimum Gasteiger partial charge on any atom is -0.622 e. The van der Waals surface area contributed by atoms with Crippen molar-refractivity contribution in [2.24, 2.45) is 0 Å². The fourth-order valence-corrected chi connectivity index (χ4v) is 2.97. The number of hydroxylamine groups is 3. The van der Waals surface area contributed by atoms with Crippen LogP contribution in [0.4, 0.5) is 4.39 Å². The third kappa shape index (κ3) is 2.01. The first kappa shape index (κ1) is 14.7. The number of nitrogens with zero attached hydrogens (tertiary/aromatic N) is 2. The molecule has 1 N–H and O–H groups in total. The van der Waals surface area contributed by atoms with Crippen LogP contribution in [0, 0.1) is 11.0 Å². The van der Waals surface area contributed by atoms with Crippen LogP contribution >= 0.6 is 0 Å². The van der Waals surface area contributed by atoms with Gasteiger partial charge in [0.25, 0.3) is 5.66 Å². The summed E-state index contributed by atoms with van der Waals surface area (Å²) in [6.07, 6.45) is 0. The van der Waals surface area contributed by atoms with Crippen LogP contribution in [0.5, 0.6) is 0 Å². The molecule has 0 bridgehead atoms. The quantitative estimate of drug-likeness (QED) is 0.685. The predicted molar refractivity (Wildman–Crippen MR) is 81.0 cm³/mol. The van der Waals surface area contributed by atoms with E-state index in [1.54, 1.807) is 13.8 Å². The minimum atomic E-state index is -1.29. The number of benzene rings is 2. The Hall–Kier alpha value is -2.24. The van der Waals surface area contributed by atoms with Crippen LogP contribution in [0.15, 0.2) is 54.6 Å². The molecule has 1 heterocycles. The molecule has 2 aromatic carbocycles. The second kappa shape index (κ2) is 5.19. The van der Waals surface area contributed by atoms with Gasteiger partial charge in [-0.15, -0.1) is 5.06 Å². The molecule has 0 radical (unpaired) electrons. The van der Waals surface area contributed by atoms with Gasteiger partial charge in [0.05, 0.1) is 0 Å². The van der Waals surface area contributed by atoms with Crippen molar-refractivity contribution in [2.45, 2.75) is 25.6 Å². The normalized spacial score (nSPS) is 25.7. The van der Waals surface area contributed by atoms with Gasteiger partial charge in [0.2, 0.25) is 5.71 Å². The van der Waals surface area contributed by atoms with Gasteiger partial charge in [0, 0.05) is 18.1 Å². The molecule has 5 heteroatoms. The first-order valence-electron chi connectivity index (χ1n) is 7.10. The van der Waals surface area contributed by atoms with E-state index in [4.69, 9.17) is 0 Å². The Bertz CT molecular complexity index is 715.